The van der Waals surface area contributed by atoms with Crippen LogP contribution in [0.25, 0.3) is 5.69 Å². The number of aryl methyl sites for hydroxylation is 2. The van der Waals surface area contributed by atoms with Gasteiger partial charge in [0.15, 0.2) is 11.8 Å². The number of Topliss-reactive ketones (excluding diaryl/α,β-unsaturated/α-hetero) is 1. The highest BCUT2D eigenvalue weighted by Gasteiger charge is 2.14. The lowest BCUT2D eigenvalue weighted by Crippen LogP contribution is -2.16. The molecule has 144 valence electrons. The Balaban J connectivity index is 1.56. The molecule has 0 saturated carbocycles. The Kier molecular flexibility index (Phi) is 6.26. The fourth-order valence-corrected chi connectivity index (χ4v) is 3.42. The fraction of sp³-hybridized carbons (Fsp3) is 0.190. The number of carbonyl (C=O) groups is 2. The first-order valence-corrected chi connectivity index (χ1v) is 9.61. The summed E-state index contributed by atoms with van der Waals surface area (Å²) in [4.78, 5) is 28.5. The van der Waals surface area contributed by atoms with E-state index in [4.69, 9.17) is 4.74 Å². The quantitative estimate of drug-likeness (QED) is 0.340. The highest BCUT2D eigenvalue weighted by molar-refractivity contribution is 7.99. The van der Waals surface area contributed by atoms with Gasteiger partial charge in [-0.05, 0) is 43.7 Å². The molecule has 0 amide bonds. The molecule has 7 heteroatoms. The van der Waals surface area contributed by atoms with Gasteiger partial charge < -0.3 is 4.74 Å². The highest BCUT2D eigenvalue weighted by Crippen LogP contribution is 2.21. The highest BCUT2D eigenvalue weighted by atomic mass is 32.2. The molecule has 1 heterocycles. The third kappa shape index (κ3) is 4.86. The number of ether oxygens (including phenoxy) is 1. The van der Waals surface area contributed by atoms with Crippen LogP contribution in [0.3, 0.4) is 0 Å². The van der Waals surface area contributed by atoms with Crippen LogP contribution in [0.15, 0.2) is 60.0 Å². The largest absolute Gasteiger partial charge is 0.457 e. The molecule has 0 atom stereocenters. The van der Waals surface area contributed by atoms with Crippen LogP contribution in [0.5, 0.6) is 0 Å². The first-order chi connectivity index (χ1) is 13.4. The molecular weight excluding hydrogens is 379 g/mol. The number of halogens is 1. The molecule has 0 saturated heterocycles. The third-order valence-corrected chi connectivity index (χ3v) is 5.01. The van der Waals surface area contributed by atoms with Gasteiger partial charge in [0.05, 0.1) is 11.4 Å². The van der Waals surface area contributed by atoms with Crippen molar-refractivity contribution >= 4 is 23.5 Å². The topological polar surface area (TPSA) is 61.2 Å². The van der Waals surface area contributed by atoms with E-state index in [1.165, 1.54) is 12.1 Å². The Morgan fingerprint density at radius 2 is 2.00 bits per heavy atom. The summed E-state index contributed by atoms with van der Waals surface area (Å²) in [6, 6.07) is 11.7. The summed E-state index contributed by atoms with van der Waals surface area (Å²) in [5, 5.41) is 0.531. The van der Waals surface area contributed by atoms with Gasteiger partial charge in [-0.25, -0.2) is 9.37 Å². The molecule has 0 fully saturated rings. The molecule has 0 N–H and O–H groups in total. The maximum absolute atomic E-state index is 13.4. The van der Waals surface area contributed by atoms with Crippen LogP contribution in [0, 0.1) is 19.7 Å². The van der Waals surface area contributed by atoms with E-state index in [0.29, 0.717) is 16.4 Å². The second-order valence-corrected chi connectivity index (χ2v) is 7.19. The summed E-state index contributed by atoms with van der Waals surface area (Å²) in [5.41, 5.74) is 2.98. The predicted octanol–water partition coefficient (Wildman–Crippen LogP) is 4.15. The van der Waals surface area contributed by atoms with Gasteiger partial charge in [-0.2, -0.15) is 0 Å². The number of rotatable bonds is 7. The smallest absolute Gasteiger partial charge is 0.316 e. The molecule has 0 aliphatic heterocycles. The van der Waals surface area contributed by atoms with E-state index < -0.39 is 5.97 Å². The van der Waals surface area contributed by atoms with Crippen molar-refractivity contribution in [1.82, 2.24) is 9.55 Å². The van der Waals surface area contributed by atoms with Crippen molar-refractivity contribution in [3.63, 3.8) is 0 Å². The van der Waals surface area contributed by atoms with Crippen LogP contribution in [-0.2, 0) is 9.53 Å². The van der Waals surface area contributed by atoms with Crippen LogP contribution < -0.4 is 0 Å². The summed E-state index contributed by atoms with van der Waals surface area (Å²) in [6.45, 7) is 3.44. The van der Waals surface area contributed by atoms with Gasteiger partial charge >= 0.3 is 5.97 Å². The van der Waals surface area contributed by atoms with Gasteiger partial charge in [-0.1, -0.05) is 35.5 Å². The molecule has 0 bridgehead atoms. The molecule has 1 aromatic heterocycles. The van der Waals surface area contributed by atoms with Crippen molar-refractivity contribution < 1.29 is 18.7 Å². The van der Waals surface area contributed by atoms with E-state index in [-0.39, 0.29) is 24.0 Å². The minimum Gasteiger partial charge on any atom is -0.457 e. The SMILES string of the molecule is Cc1ccc(C)c(C(=O)COC(=O)CSc2nccn2-c2cccc(F)c2)c1. The zero-order valence-electron chi connectivity index (χ0n) is 15.5. The lowest BCUT2D eigenvalue weighted by Gasteiger charge is -2.09. The van der Waals surface area contributed by atoms with E-state index in [9.17, 15) is 14.0 Å². The average molecular weight is 398 g/mol. The van der Waals surface area contributed by atoms with Crippen LogP contribution in [-0.4, -0.2) is 33.7 Å². The van der Waals surface area contributed by atoms with E-state index in [0.717, 1.165) is 22.9 Å². The van der Waals surface area contributed by atoms with Gasteiger partial charge in [0.25, 0.3) is 0 Å². The number of aromatic nitrogens is 2. The number of hydrogen-bond acceptors (Lipinski definition) is 5. The molecule has 0 aliphatic rings. The first-order valence-electron chi connectivity index (χ1n) is 8.62. The number of esters is 1. The number of imidazole rings is 1. The van der Waals surface area contributed by atoms with Gasteiger partial charge in [-0.3, -0.25) is 14.2 Å². The summed E-state index contributed by atoms with van der Waals surface area (Å²) in [7, 11) is 0. The van der Waals surface area contributed by atoms with Crippen molar-refractivity contribution in [2.45, 2.75) is 19.0 Å². The number of thioether (sulfide) groups is 1. The van der Waals surface area contributed by atoms with Gasteiger partial charge in [0.2, 0.25) is 5.78 Å². The van der Waals surface area contributed by atoms with E-state index in [1.54, 1.807) is 35.2 Å². The van der Waals surface area contributed by atoms with Crippen LogP contribution in [0.4, 0.5) is 4.39 Å². The Morgan fingerprint density at radius 1 is 1.18 bits per heavy atom. The zero-order chi connectivity index (χ0) is 20.1. The van der Waals surface area contributed by atoms with E-state index in [2.05, 4.69) is 4.98 Å². The van der Waals surface area contributed by atoms with Gasteiger partial charge in [0, 0.05) is 18.0 Å². The second-order valence-electron chi connectivity index (χ2n) is 6.25. The molecule has 5 nitrogen and oxygen atoms in total. The van der Waals surface area contributed by atoms with Crippen molar-refractivity contribution in [2.75, 3.05) is 12.4 Å². The molecule has 3 rings (SSSR count). The lowest BCUT2D eigenvalue weighted by molar-refractivity contribution is -0.139. The van der Waals surface area contributed by atoms with Crippen molar-refractivity contribution in [2.24, 2.45) is 0 Å². The second kappa shape index (κ2) is 8.84. The van der Waals surface area contributed by atoms with Crippen molar-refractivity contribution in [3.05, 3.63) is 77.4 Å². The maximum atomic E-state index is 13.4. The molecule has 2 aromatic carbocycles. The number of ketones is 1. The lowest BCUT2D eigenvalue weighted by atomic mass is 10.0. The van der Waals surface area contributed by atoms with Gasteiger partial charge in [-0.15, -0.1) is 0 Å². The van der Waals surface area contributed by atoms with Crippen LogP contribution in [0.1, 0.15) is 21.5 Å². The first kappa shape index (κ1) is 19.8. The Labute approximate surface area is 166 Å². The standard InChI is InChI=1S/C21H19FN2O3S/c1-14-6-7-15(2)18(10-14)19(25)12-27-20(26)13-28-21-23-8-9-24(21)17-5-3-4-16(22)11-17/h3-11H,12-13H2,1-2H3. The Bertz CT molecular complexity index is 1020. The van der Waals surface area contributed by atoms with E-state index in [1.807, 2.05) is 26.0 Å². The molecule has 0 spiro atoms. The van der Waals surface area contributed by atoms with Crippen molar-refractivity contribution in [3.8, 4) is 5.69 Å². The van der Waals surface area contributed by atoms with Crippen molar-refractivity contribution in [1.29, 1.82) is 0 Å². The molecule has 0 aliphatic carbocycles. The molecule has 3 aromatic rings. The average Bonchev–Trinajstić information content (AvgIpc) is 3.15. The molecule has 28 heavy (non-hydrogen) atoms. The summed E-state index contributed by atoms with van der Waals surface area (Å²) >= 11 is 1.16. The third-order valence-electron chi connectivity index (χ3n) is 4.07. The number of carbonyl (C=O) groups excluding carboxylic acids is 2. The molecular formula is C21H19FN2O3S. The minimum absolute atomic E-state index is 0.00753. The maximum Gasteiger partial charge on any atom is 0.316 e. The summed E-state index contributed by atoms with van der Waals surface area (Å²) < 4.78 is 20.2. The van der Waals surface area contributed by atoms with Crippen LogP contribution >= 0.6 is 11.8 Å². The molecule has 0 unspecified atom stereocenters. The number of benzene rings is 2. The fourth-order valence-electron chi connectivity index (χ4n) is 2.64. The summed E-state index contributed by atoms with van der Waals surface area (Å²) in [6.07, 6.45) is 3.26. The molecule has 0 radical (unpaired) electrons. The number of nitrogens with zero attached hydrogens (tertiary/aromatic N) is 2. The van der Waals surface area contributed by atoms with Gasteiger partial charge in [0.1, 0.15) is 5.82 Å². The number of hydrogen-bond donors (Lipinski definition) is 0. The van der Waals surface area contributed by atoms with E-state index >= 15 is 0 Å². The zero-order valence-corrected chi connectivity index (χ0v) is 16.3. The predicted molar refractivity (Wildman–Crippen MR) is 105 cm³/mol. The monoisotopic (exact) mass is 398 g/mol. The minimum atomic E-state index is -0.516. The van der Waals surface area contributed by atoms with Crippen LogP contribution in [0.2, 0.25) is 0 Å². The summed E-state index contributed by atoms with van der Waals surface area (Å²) in [5.74, 6) is -1.11. The normalized spacial score (nSPS) is 10.7. The Morgan fingerprint density at radius 3 is 2.79 bits per heavy atom. The Hall–Kier alpha value is -2.93.